The molecule has 1 N–H and O–H groups in total. The number of allylic oxidation sites excluding steroid dienone is 2. The van der Waals surface area contributed by atoms with Gasteiger partial charge in [-0.05, 0) is 17.6 Å². The molecule has 0 saturated heterocycles. The Morgan fingerprint density at radius 2 is 2.42 bits per heavy atom. The highest BCUT2D eigenvalue weighted by Gasteiger charge is 2.30. The second-order valence-corrected chi connectivity index (χ2v) is 3.75. The smallest absolute Gasteiger partial charge is 0.228 e. The van der Waals surface area contributed by atoms with Crippen LogP contribution < -0.4 is 5.32 Å². The van der Waals surface area contributed by atoms with E-state index in [1.165, 1.54) is 0 Å². The van der Waals surface area contributed by atoms with Gasteiger partial charge in [0.1, 0.15) is 0 Å². The summed E-state index contributed by atoms with van der Waals surface area (Å²) in [6, 6.07) is 0. The Morgan fingerprint density at radius 3 is 3.17 bits per heavy atom. The highest BCUT2D eigenvalue weighted by molar-refractivity contribution is 6.23. The zero-order valence-corrected chi connectivity index (χ0v) is 7.56. The molecule has 1 heterocycles. The maximum Gasteiger partial charge on any atom is 0.228 e. The molecule has 0 aromatic carbocycles. The van der Waals surface area contributed by atoms with Crippen molar-refractivity contribution in [3.8, 4) is 0 Å². The van der Waals surface area contributed by atoms with E-state index in [2.05, 4.69) is 12.2 Å². The summed E-state index contributed by atoms with van der Waals surface area (Å²) < 4.78 is 0. The molecule has 12 heavy (non-hydrogen) atoms. The van der Waals surface area contributed by atoms with Crippen LogP contribution >= 0.6 is 11.6 Å². The molecule has 2 unspecified atom stereocenters. The number of carbonyl (C=O) groups excluding carboxylic acids is 1. The predicted octanol–water partition coefficient (Wildman–Crippen LogP) is 1.57. The average molecular weight is 184 g/mol. The number of alkyl halides is 1. The van der Waals surface area contributed by atoms with Crippen LogP contribution in [0.2, 0.25) is 0 Å². The lowest BCUT2D eigenvalue weighted by atomic mass is 9.93. The first-order chi connectivity index (χ1) is 5.68. The minimum absolute atomic E-state index is 0.0102. The fourth-order valence-electron chi connectivity index (χ4n) is 1.60. The molecular weight excluding hydrogens is 174 g/mol. The van der Waals surface area contributed by atoms with Crippen molar-refractivity contribution in [2.24, 2.45) is 5.92 Å². The number of carbonyl (C=O) groups is 1. The van der Waals surface area contributed by atoms with Crippen molar-refractivity contribution in [2.45, 2.75) is 18.7 Å². The average Bonchev–Trinajstić information content (AvgIpc) is 2.39. The van der Waals surface area contributed by atoms with Crippen molar-refractivity contribution in [1.29, 1.82) is 0 Å². The minimum Gasteiger partial charge on any atom is -0.326 e. The van der Waals surface area contributed by atoms with Crippen LogP contribution in [0.3, 0.4) is 0 Å². The van der Waals surface area contributed by atoms with Gasteiger partial charge in [-0.2, -0.15) is 0 Å². The van der Waals surface area contributed by atoms with E-state index in [0.717, 1.165) is 11.3 Å². The summed E-state index contributed by atoms with van der Waals surface area (Å²) in [4.78, 5) is 11.0. The molecule has 0 radical (unpaired) electrons. The van der Waals surface area contributed by atoms with Crippen LogP contribution in [0.5, 0.6) is 0 Å². The maximum atomic E-state index is 11.0. The molecule has 0 bridgehead atoms. The second-order valence-electron chi connectivity index (χ2n) is 3.28. The molecule has 1 aliphatic carbocycles. The second kappa shape index (κ2) is 2.63. The van der Waals surface area contributed by atoms with Gasteiger partial charge in [-0.1, -0.05) is 13.0 Å². The third-order valence-electron chi connectivity index (χ3n) is 2.33. The highest BCUT2D eigenvalue weighted by Crippen LogP contribution is 2.32. The van der Waals surface area contributed by atoms with E-state index in [9.17, 15) is 4.79 Å². The van der Waals surface area contributed by atoms with E-state index in [-0.39, 0.29) is 11.3 Å². The maximum absolute atomic E-state index is 11.0. The largest absolute Gasteiger partial charge is 0.326 e. The Morgan fingerprint density at radius 1 is 1.67 bits per heavy atom. The van der Waals surface area contributed by atoms with E-state index < -0.39 is 0 Å². The van der Waals surface area contributed by atoms with Crippen molar-refractivity contribution in [1.82, 2.24) is 5.32 Å². The molecule has 2 aliphatic rings. The van der Waals surface area contributed by atoms with Gasteiger partial charge < -0.3 is 5.32 Å². The fourth-order valence-corrected chi connectivity index (χ4v) is 1.88. The number of amides is 1. The Kier molecular flexibility index (Phi) is 1.72. The summed E-state index contributed by atoms with van der Waals surface area (Å²) >= 11 is 6.13. The predicted molar refractivity (Wildman–Crippen MR) is 47.7 cm³/mol. The van der Waals surface area contributed by atoms with Crippen LogP contribution in [-0.4, -0.2) is 11.3 Å². The Labute approximate surface area is 76.3 Å². The number of hydrogen-bond acceptors (Lipinski definition) is 1. The molecule has 2 nitrogen and oxygen atoms in total. The fraction of sp³-hybridized carbons (Fsp3) is 0.444. The zero-order valence-electron chi connectivity index (χ0n) is 6.80. The lowest BCUT2D eigenvalue weighted by molar-refractivity contribution is -0.118. The first-order valence-corrected chi connectivity index (χ1v) is 4.47. The molecule has 1 aliphatic heterocycles. The Bertz CT molecular complexity index is 293. The van der Waals surface area contributed by atoms with E-state index in [0.29, 0.717) is 12.3 Å². The molecule has 0 aromatic heterocycles. The topological polar surface area (TPSA) is 29.1 Å². The van der Waals surface area contributed by atoms with Gasteiger partial charge in [-0.25, -0.2) is 0 Å². The lowest BCUT2D eigenvalue weighted by Gasteiger charge is -2.19. The van der Waals surface area contributed by atoms with E-state index in [4.69, 9.17) is 11.6 Å². The lowest BCUT2D eigenvalue weighted by Crippen LogP contribution is -2.17. The first-order valence-electron chi connectivity index (χ1n) is 4.03. The van der Waals surface area contributed by atoms with E-state index >= 15 is 0 Å². The molecule has 3 heteroatoms. The van der Waals surface area contributed by atoms with Crippen LogP contribution in [0.25, 0.3) is 0 Å². The van der Waals surface area contributed by atoms with Gasteiger partial charge in [0.05, 0.1) is 11.8 Å². The van der Waals surface area contributed by atoms with E-state index in [1.54, 1.807) is 0 Å². The first kappa shape index (κ1) is 7.87. The molecule has 64 valence electrons. The van der Waals surface area contributed by atoms with Crippen LogP contribution in [0.15, 0.2) is 23.4 Å². The van der Waals surface area contributed by atoms with Crippen LogP contribution in [0.1, 0.15) is 13.3 Å². The molecule has 2 rings (SSSR count). The molecule has 0 fully saturated rings. The molecule has 0 saturated carbocycles. The Balaban J connectivity index is 2.32. The van der Waals surface area contributed by atoms with Crippen LogP contribution in [0.4, 0.5) is 0 Å². The van der Waals surface area contributed by atoms with Crippen molar-refractivity contribution in [3.63, 3.8) is 0 Å². The number of rotatable bonds is 0. The molecule has 0 aromatic rings. The summed E-state index contributed by atoms with van der Waals surface area (Å²) in [5.74, 6) is 0.391. The van der Waals surface area contributed by atoms with Crippen molar-refractivity contribution in [2.75, 3.05) is 0 Å². The summed E-state index contributed by atoms with van der Waals surface area (Å²) in [5.41, 5.74) is 1.97. The van der Waals surface area contributed by atoms with Gasteiger partial charge in [0.15, 0.2) is 0 Å². The quantitative estimate of drug-likeness (QED) is 0.568. The highest BCUT2D eigenvalue weighted by atomic mass is 35.5. The standard InChI is InChI=1S/C9H10ClNO/c1-5-2-3-7-6(9(5)10)4-8(12)11-7/h2-3,5,9H,4H2,1H3,(H,11,12). The summed E-state index contributed by atoms with van der Waals surface area (Å²) in [5, 5.41) is 2.77. The van der Waals surface area contributed by atoms with Crippen molar-refractivity contribution < 1.29 is 4.79 Å². The molecule has 2 atom stereocenters. The number of nitrogens with one attached hydrogen (secondary N) is 1. The Hall–Kier alpha value is -0.760. The molecule has 0 spiro atoms. The summed E-state index contributed by atoms with van der Waals surface area (Å²) in [7, 11) is 0. The number of halogens is 1. The monoisotopic (exact) mass is 183 g/mol. The van der Waals surface area contributed by atoms with Gasteiger partial charge in [0.2, 0.25) is 5.91 Å². The van der Waals surface area contributed by atoms with Gasteiger partial charge >= 0.3 is 0 Å². The molecule has 1 amide bonds. The zero-order chi connectivity index (χ0) is 8.72. The van der Waals surface area contributed by atoms with Gasteiger partial charge in [0.25, 0.3) is 0 Å². The normalized spacial score (nSPS) is 33.7. The van der Waals surface area contributed by atoms with Crippen molar-refractivity contribution >= 4 is 17.5 Å². The van der Waals surface area contributed by atoms with Gasteiger partial charge in [-0.3, -0.25) is 4.79 Å². The SMILES string of the molecule is CC1C=CC2=C(CC(=O)N2)C1Cl. The third-order valence-corrected chi connectivity index (χ3v) is 2.99. The minimum atomic E-state index is -0.0102. The molecular formula is C9H10ClNO. The third kappa shape index (κ3) is 1.07. The van der Waals surface area contributed by atoms with Gasteiger partial charge in [-0.15, -0.1) is 11.6 Å². The van der Waals surface area contributed by atoms with Crippen LogP contribution in [0, 0.1) is 5.92 Å². The van der Waals surface area contributed by atoms with Crippen LogP contribution in [-0.2, 0) is 4.79 Å². The van der Waals surface area contributed by atoms with Crippen molar-refractivity contribution in [3.05, 3.63) is 23.4 Å². The van der Waals surface area contributed by atoms with Gasteiger partial charge in [0, 0.05) is 5.70 Å². The summed E-state index contributed by atoms with van der Waals surface area (Å²) in [6.07, 6.45) is 4.45. The number of hydrogen-bond donors (Lipinski definition) is 1. The van der Waals surface area contributed by atoms with E-state index in [1.807, 2.05) is 12.2 Å². The summed E-state index contributed by atoms with van der Waals surface area (Å²) in [6.45, 7) is 2.06.